The molecule has 4 rings (SSSR count). The number of hydrogen-bond acceptors (Lipinski definition) is 7. The number of hydrogen-bond donors (Lipinski definition) is 1. The Bertz CT molecular complexity index is 986. The summed E-state index contributed by atoms with van der Waals surface area (Å²) in [6.07, 6.45) is 0.857. The smallest absolute Gasteiger partial charge is 0.459 e. The van der Waals surface area contributed by atoms with Gasteiger partial charge in [0, 0.05) is 12.5 Å². The Balaban J connectivity index is 1.40. The van der Waals surface area contributed by atoms with Crippen LogP contribution >= 0.6 is 7.75 Å². The first kappa shape index (κ1) is 22.7. The van der Waals surface area contributed by atoms with Gasteiger partial charge in [-0.05, 0) is 37.6 Å². The number of para-hydroxylation sites is 1. The lowest BCUT2D eigenvalue weighted by Crippen LogP contribution is -2.41. The number of ketones is 1. The Morgan fingerprint density at radius 3 is 2.50 bits per heavy atom. The first-order valence-corrected chi connectivity index (χ1v) is 12.2. The molecular weight excluding hydrogens is 431 g/mol. The molecule has 3 unspecified atom stereocenters. The van der Waals surface area contributed by atoms with E-state index in [-0.39, 0.29) is 24.9 Å². The number of Topliss-reactive ketones (excluding diaryl/α,β-unsaturated/α-hetero) is 1. The van der Waals surface area contributed by atoms with Crippen LogP contribution in [0.3, 0.4) is 0 Å². The molecule has 2 aliphatic heterocycles. The molecule has 0 aromatic heterocycles. The molecule has 2 aromatic rings. The molecule has 0 aliphatic carbocycles. The summed E-state index contributed by atoms with van der Waals surface area (Å²) in [4.78, 5) is 27.0. The van der Waals surface area contributed by atoms with E-state index in [0.29, 0.717) is 12.3 Å². The normalized spacial score (nSPS) is 24.7. The zero-order valence-corrected chi connectivity index (χ0v) is 18.8. The molecule has 8 nitrogen and oxygen atoms in total. The molecular formula is C23H27N2O6P. The van der Waals surface area contributed by atoms with Crippen molar-refractivity contribution in [1.82, 2.24) is 9.99 Å². The highest BCUT2D eigenvalue weighted by Gasteiger charge is 2.46. The molecule has 1 N–H and O–H groups in total. The Morgan fingerprint density at radius 1 is 1.16 bits per heavy atom. The van der Waals surface area contributed by atoms with Crippen LogP contribution in [0.25, 0.3) is 0 Å². The molecule has 9 heteroatoms. The second-order valence-corrected chi connectivity index (χ2v) is 9.73. The Kier molecular flexibility index (Phi) is 7.06. The summed E-state index contributed by atoms with van der Waals surface area (Å²) in [5, 5.41) is 2.67. The topological polar surface area (TPSA) is 94.2 Å². The third-order valence-corrected chi connectivity index (χ3v) is 7.34. The van der Waals surface area contributed by atoms with Gasteiger partial charge in [-0.25, -0.2) is 4.57 Å². The van der Waals surface area contributed by atoms with E-state index < -0.39 is 25.8 Å². The van der Waals surface area contributed by atoms with E-state index in [1.807, 2.05) is 35.2 Å². The maximum atomic E-state index is 13.5. The van der Waals surface area contributed by atoms with Crippen molar-refractivity contribution in [3.8, 4) is 5.75 Å². The number of nitrogens with one attached hydrogen (secondary N) is 1. The SMILES string of the molecule is C[C@H](NP(=O)(OCC1C(=O)[C@@H]2CCN1C2)Oc1ccccc1)C(=O)OCc1ccccc1. The molecule has 5 atom stereocenters. The number of esters is 1. The van der Waals surface area contributed by atoms with Crippen LogP contribution < -0.4 is 9.61 Å². The molecule has 0 radical (unpaired) electrons. The van der Waals surface area contributed by atoms with Crippen LogP contribution in [0.5, 0.6) is 5.75 Å². The quantitative estimate of drug-likeness (QED) is 0.429. The maximum Gasteiger partial charge on any atom is 0.459 e. The molecule has 0 amide bonds. The van der Waals surface area contributed by atoms with Crippen LogP contribution in [-0.4, -0.2) is 48.4 Å². The number of benzene rings is 2. The van der Waals surface area contributed by atoms with Gasteiger partial charge in [0.15, 0.2) is 5.78 Å². The number of ether oxygens (including phenoxy) is 1. The first-order chi connectivity index (χ1) is 15.4. The third-order valence-electron chi connectivity index (χ3n) is 5.69. The summed E-state index contributed by atoms with van der Waals surface area (Å²) in [7, 11) is -3.98. The zero-order valence-electron chi connectivity index (χ0n) is 17.9. The molecule has 2 aromatic carbocycles. The molecule has 2 heterocycles. The van der Waals surface area contributed by atoms with Crippen LogP contribution in [-0.2, 0) is 30.0 Å². The van der Waals surface area contributed by atoms with Crippen molar-refractivity contribution in [2.45, 2.75) is 32.0 Å². The lowest BCUT2D eigenvalue weighted by atomic mass is 9.99. The van der Waals surface area contributed by atoms with E-state index >= 15 is 0 Å². The highest BCUT2D eigenvalue weighted by molar-refractivity contribution is 7.52. The van der Waals surface area contributed by atoms with Gasteiger partial charge in [-0.2, -0.15) is 5.09 Å². The summed E-state index contributed by atoms with van der Waals surface area (Å²) in [5.74, 6) is -0.127. The van der Waals surface area contributed by atoms with Crippen LogP contribution in [0.2, 0.25) is 0 Å². The summed E-state index contributed by atoms with van der Waals surface area (Å²) >= 11 is 0. The van der Waals surface area contributed by atoms with E-state index in [4.69, 9.17) is 13.8 Å². The van der Waals surface area contributed by atoms with Crippen LogP contribution in [0, 0.1) is 5.92 Å². The van der Waals surface area contributed by atoms with Crippen LogP contribution in [0.4, 0.5) is 0 Å². The summed E-state index contributed by atoms with van der Waals surface area (Å²) < 4.78 is 30.2. The van der Waals surface area contributed by atoms with Gasteiger partial charge in [0.05, 0.1) is 12.6 Å². The van der Waals surface area contributed by atoms with E-state index in [0.717, 1.165) is 18.5 Å². The van der Waals surface area contributed by atoms with Crippen molar-refractivity contribution >= 4 is 19.5 Å². The van der Waals surface area contributed by atoms with Gasteiger partial charge in [-0.15, -0.1) is 0 Å². The number of nitrogens with zero attached hydrogens (tertiary/aromatic N) is 1. The molecule has 2 fully saturated rings. The number of rotatable bonds is 10. The van der Waals surface area contributed by atoms with E-state index in [9.17, 15) is 14.2 Å². The monoisotopic (exact) mass is 458 g/mol. The molecule has 0 saturated carbocycles. The lowest BCUT2D eigenvalue weighted by Gasteiger charge is -2.27. The highest BCUT2D eigenvalue weighted by atomic mass is 31.2. The van der Waals surface area contributed by atoms with Gasteiger partial charge in [-0.1, -0.05) is 48.5 Å². The molecule has 2 aliphatic rings. The predicted octanol–water partition coefficient (Wildman–Crippen LogP) is 3.18. The molecule has 170 valence electrons. The van der Waals surface area contributed by atoms with E-state index in [1.54, 1.807) is 30.3 Å². The van der Waals surface area contributed by atoms with Gasteiger partial charge < -0.3 is 9.26 Å². The van der Waals surface area contributed by atoms with Crippen molar-refractivity contribution in [3.63, 3.8) is 0 Å². The van der Waals surface area contributed by atoms with Gasteiger partial charge in [0.25, 0.3) is 0 Å². The fourth-order valence-electron chi connectivity index (χ4n) is 3.96. The number of fused-ring (bicyclic) bond motifs is 2. The van der Waals surface area contributed by atoms with Crippen LogP contribution in [0.15, 0.2) is 60.7 Å². The van der Waals surface area contributed by atoms with Gasteiger partial charge in [0.1, 0.15) is 18.4 Å². The minimum atomic E-state index is -3.98. The molecule has 2 bridgehead atoms. The average molecular weight is 458 g/mol. The van der Waals surface area contributed by atoms with Gasteiger partial charge >= 0.3 is 13.7 Å². The summed E-state index contributed by atoms with van der Waals surface area (Å²) in [6.45, 7) is 3.10. The van der Waals surface area contributed by atoms with E-state index in [2.05, 4.69) is 5.09 Å². The molecule has 2 saturated heterocycles. The van der Waals surface area contributed by atoms with Crippen molar-refractivity contribution in [3.05, 3.63) is 66.2 Å². The predicted molar refractivity (Wildman–Crippen MR) is 118 cm³/mol. The average Bonchev–Trinajstić information content (AvgIpc) is 3.39. The second kappa shape index (κ2) is 9.96. The Morgan fingerprint density at radius 2 is 1.84 bits per heavy atom. The maximum absolute atomic E-state index is 13.5. The van der Waals surface area contributed by atoms with E-state index in [1.165, 1.54) is 6.92 Å². The Hall–Kier alpha value is -2.51. The second-order valence-electron chi connectivity index (χ2n) is 8.04. The fourth-order valence-corrected chi connectivity index (χ4v) is 5.46. The summed E-state index contributed by atoms with van der Waals surface area (Å²) in [6, 6.07) is 16.4. The van der Waals surface area contributed by atoms with Crippen molar-refractivity contribution in [2.75, 3.05) is 19.7 Å². The Labute approximate surface area is 187 Å². The van der Waals surface area contributed by atoms with Crippen molar-refractivity contribution in [1.29, 1.82) is 0 Å². The largest absolute Gasteiger partial charge is 0.460 e. The minimum Gasteiger partial charge on any atom is -0.460 e. The molecule has 32 heavy (non-hydrogen) atoms. The molecule has 0 spiro atoms. The highest BCUT2D eigenvalue weighted by Crippen LogP contribution is 2.46. The zero-order chi connectivity index (χ0) is 22.6. The standard InChI is InChI=1S/C23H27N2O6P/c1-17(23(27)29-15-18-8-4-2-5-9-18)24-32(28,31-20-10-6-3-7-11-20)30-16-21-22(26)19-12-13-25(21)14-19/h2-11,17,19,21H,12-16H2,1H3,(H,24,28)/t17-,19+,21?,32?/m0/s1. The third kappa shape index (κ3) is 5.45. The number of carbonyl (C=O) groups is 2. The van der Waals surface area contributed by atoms with Gasteiger partial charge in [-0.3, -0.25) is 19.0 Å². The van der Waals surface area contributed by atoms with Gasteiger partial charge in [0.2, 0.25) is 0 Å². The van der Waals surface area contributed by atoms with Crippen molar-refractivity contribution in [2.24, 2.45) is 5.92 Å². The number of piperidine rings is 1. The fraction of sp³-hybridized carbons (Fsp3) is 0.391. The number of carbonyl (C=O) groups excluding carboxylic acids is 2. The lowest BCUT2D eigenvalue weighted by molar-refractivity contribution is -0.146. The first-order valence-electron chi connectivity index (χ1n) is 10.7. The van der Waals surface area contributed by atoms with Crippen molar-refractivity contribution < 1.29 is 27.9 Å². The minimum absolute atomic E-state index is 0.0258. The summed E-state index contributed by atoms with van der Waals surface area (Å²) in [5.41, 5.74) is 0.844. The van der Waals surface area contributed by atoms with Crippen LogP contribution in [0.1, 0.15) is 18.9 Å².